The zero-order chi connectivity index (χ0) is 10.1. The van der Waals surface area contributed by atoms with Crippen LogP contribution in [0.25, 0.3) is 0 Å². The van der Waals surface area contributed by atoms with E-state index in [4.69, 9.17) is 5.73 Å². The highest BCUT2D eigenvalue weighted by atomic mass is 15.3. The lowest BCUT2D eigenvalue weighted by atomic mass is 9.98. The summed E-state index contributed by atoms with van der Waals surface area (Å²) in [5.74, 6) is 0. The predicted molar refractivity (Wildman–Crippen MR) is 57.2 cm³/mol. The Hall–Kier alpha value is -1.03. The molecular formula is C10H18N4. The summed E-state index contributed by atoms with van der Waals surface area (Å²) < 4.78 is 1.84. The van der Waals surface area contributed by atoms with Crippen molar-refractivity contribution in [2.45, 2.75) is 31.8 Å². The SMILES string of the molecule is CC1C(N)CCCN1c1cnn(C)c1. The van der Waals surface area contributed by atoms with Crippen LogP contribution in [0, 0.1) is 0 Å². The van der Waals surface area contributed by atoms with Gasteiger partial charge in [-0.15, -0.1) is 0 Å². The number of hydrogen-bond donors (Lipinski definition) is 1. The number of anilines is 1. The molecule has 1 fully saturated rings. The molecule has 14 heavy (non-hydrogen) atoms. The molecule has 2 atom stereocenters. The van der Waals surface area contributed by atoms with Gasteiger partial charge in [-0.25, -0.2) is 0 Å². The normalized spacial score (nSPS) is 28.1. The number of rotatable bonds is 1. The fourth-order valence-corrected chi connectivity index (χ4v) is 2.09. The molecule has 0 aromatic carbocycles. The van der Waals surface area contributed by atoms with Crippen molar-refractivity contribution in [2.75, 3.05) is 11.4 Å². The molecule has 2 heterocycles. The Kier molecular flexibility index (Phi) is 2.46. The lowest BCUT2D eigenvalue weighted by Gasteiger charge is -2.38. The van der Waals surface area contributed by atoms with Gasteiger partial charge in [0, 0.05) is 31.9 Å². The number of hydrogen-bond acceptors (Lipinski definition) is 3. The van der Waals surface area contributed by atoms with Crippen LogP contribution >= 0.6 is 0 Å². The van der Waals surface area contributed by atoms with Crippen LogP contribution in [0.3, 0.4) is 0 Å². The van der Waals surface area contributed by atoms with E-state index in [-0.39, 0.29) is 0 Å². The van der Waals surface area contributed by atoms with Crippen molar-refractivity contribution in [3.8, 4) is 0 Å². The van der Waals surface area contributed by atoms with Gasteiger partial charge in [0.05, 0.1) is 11.9 Å². The molecule has 0 saturated carbocycles. The first-order valence-corrected chi connectivity index (χ1v) is 5.19. The smallest absolute Gasteiger partial charge is 0.0755 e. The molecule has 4 nitrogen and oxygen atoms in total. The van der Waals surface area contributed by atoms with Gasteiger partial charge in [0.15, 0.2) is 0 Å². The van der Waals surface area contributed by atoms with Gasteiger partial charge in [-0.05, 0) is 19.8 Å². The summed E-state index contributed by atoms with van der Waals surface area (Å²) in [7, 11) is 1.94. The molecule has 1 saturated heterocycles. The molecule has 1 aliphatic heterocycles. The molecule has 0 aliphatic carbocycles. The van der Waals surface area contributed by atoms with Crippen molar-refractivity contribution in [3.05, 3.63) is 12.4 Å². The maximum Gasteiger partial charge on any atom is 0.0755 e. The van der Waals surface area contributed by atoms with Crippen LogP contribution in [0.5, 0.6) is 0 Å². The van der Waals surface area contributed by atoms with E-state index in [2.05, 4.69) is 23.1 Å². The number of nitrogens with zero attached hydrogens (tertiary/aromatic N) is 3. The molecule has 78 valence electrons. The van der Waals surface area contributed by atoms with Gasteiger partial charge in [-0.2, -0.15) is 5.10 Å². The summed E-state index contributed by atoms with van der Waals surface area (Å²) in [5.41, 5.74) is 7.23. The van der Waals surface area contributed by atoms with Crippen molar-refractivity contribution in [3.63, 3.8) is 0 Å². The third kappa shape index (κ3) is 1.62. The molecule has 0 amide bonds. The Bertz CT molecular complexity index is 307. The van der Waals surface area contributed by atoms with Crippen LogP contribution in [-0.2, 0) is 7.05 Å². The first kappa shape index (κ1) is 9.52. The van der Waals surface area contributed by atoms with Gasteiger partial charge < -0.3 is 10.6 Å². The Morgan fingerprint density at radius 3 is 3.00 bits per heavy atom. The lowest BCUT2D eigenvalue weighted by molar-refractivity contribution is 0.421. The van der Waals surface area contributed by atoms with Crippen molar-refractivity contribution in [1.29, 1.82) is 0 Å². The number of aryl methyl sites for hydroxylation is 1. The van der Waals surface area contributed by atoms with E-state index in [0.29, 0.717) is 12.1 Å². The minimum atomic E-state index is 0.295. The molecule has 1 aromatic rings. The fraction of sp³-hybridized carbons (Fsp3) is 0.700. The highest BCUT2D eigenvalue weighted by molar-refractivity contribution is 5.44. The van der Waals surface area contributed by atoms with Crippen LogP contribution in [-0.4, -0.2) is 28.4 Å². The first-order chi connectivity index (χ1) is 6.68. The largest absolute Gasteiger partial charge is 0.365 e. The minimum Gasteiger partial charge on any atom is -0.365 e. The molecule has 0 spiro atoms. The monoisotopic (exact) mass is 194 g/mol. The van der Waals surface area contributed by atoms with Crippen molar-refractivity contribution >= 4 is 5.69 Å². The molecule has 0 radical (unpaired) electrons. The summed E-state index contributed by atoms with van der Waals surface area (Å²) in [6, 6.07) is 0.719. The van der Waals surface area contributed by atoms with E-state index >= 15 is 0 Å². The van der Waals surface area contributed by atoms with Gasteiger partial charge in [0.25, 0.3) is 0 Å². The van der Waals surface area contributed by atoms with E-state index in [9.17, 15) is 0 Å². The second kappa shape index (κ2) is 3.61. The van der Waals surface area contributed by atoms with Gasteiger partial charge in [0.2, 0.25) is 0 Å². The molecule has 2 rings (SSSR count). The highest BCUT2D eigenvalue weighted by Crippen LogP contribution is 2.22. The Balaban J connectivity index is 2.17. The highest BCUT2D eigenvalue weighted by Gasteiger charge is 2.25. The second-order valence-electron chi connectivity index (χ2n) is 4.11. The summed E-state index contributed by atoms with van der Waals surface area (Å²) >= 11 is 0. The second-order valence-corrected chi connectivity index (χ2v) is 4.11. The Morgan fingerprint density at radius 2 is 2.36 bits per heavy atom. The maximum atomic E-state index is 6.04. The molecule has 4 heteroatoms. The molecule has 1 aromatic heterocycles. The Labute approximate surface area is 84.7 Å². The zero-order valence-corrected chi connectivity index (χ0v) is 8.85. The van der Waals surface area contributed by atoms with Gasteiger partial charge in [-0.3, -0.25) is 4.68 Å². The van der Waals surface area contributed by atoms with Gasteiger partial charge in [0.1, 0.15) is 0 Å². The first-order valence-electron chi connectivity index (χ1n) is 5.19. The number of nitrogens with two attached hydrogens (primary N) is 1. The summed E-state index contributed by atoms with van der Waals surface area (Å²) in [4.78, 5) is 2.35. The molecule has 2 unspecified atom stereocenters. The van der Waals surface area contributed by atoms with Crippen molar-refractivity contribution in [2.24, 2.45) is 12.8 Å². The zero-order valence-electron chi connectivity index (χ0n) is 8.85. The minimum absolute atomic E-state index is 0.295. The lowest BCUT2D eigenvalue weighted by Crippen LogP contribution is -2.50. The van der Waals surface area contributed by atoms with Crippen LogP contribution in [0.1, 0.15) is 19.8 Å². The van der Waals surface area contributed by atoms with E-state index in [1.54, 1.807) is 0 Å². The van der Waals surface area contributed by atoms with Crippen LogP contribution < -0.4 is 10.6 Å². The molecular weight excluding hydrogens is 176 g/mol. The van der Waals surface area contributed by atoms with E-state index < -0.39 is 0 Å². The Morgan fingerprint density at radius 1 is 1.57 bits per heavy atom. The molecule has 0 bridgehead atoms. The van der Waals surface area contributed by atoms with Crippen LogP contribution in [0.15, 0.2) is 12.4 Å². The van der Waals surface area contributed by atoms with Crippen molar-refractivity contribution < 1.29 is 0 Å². The van der Waals surface area contributed by atoms with Crippen LogP contribution in [0.2, 0.25) is 0 Å². The van der Waals surface area contributed by atoms with Crippen LogP contribution in [0.4, 0.5) is 5.69 Å². The topological polar surface area (TPSA) is 47.1 Å². The average Bonchev–Trinajstić information content (AvgIpc) is 2.57. The fourth-order valence-electron chi connectivity index (χ4n) is 2.09. The van der Waals surface area contributed by atoms with Gasteiger partial charge >= 0.3 is 0 Å². The standard InChI is InChI=1S/C10H18N4/c1-8-10(11)4-3-5-14(8)9-6-12-13(2)7-9/h6-8,10H,3-5,11H2,1-2H3. The molecule has 1 aliphatic rings. The maximum absolute atomic E-state index is 6.04. The average molecular weight is 194 g/mol. The quantitative estimate of drug-likeness (QED) is 0.717. The third-order valence-corrected chi connectivity index (χ3v) is 3.07. The summed E-state index contributed by atoms with van der Waals surface area (Å²) in [6.07, 6.45) is 6.28. The summed E-state index contributed by atoms with van der Waals surface area (Å²) in [6.45, 7) is 3.29. The van der Waals surface area contributed by atoms with E-state index in [0.717, 1.165) is 13.0 Å². The van der Waals surface area contributed by atoms with E-state index in [1.165, 1.54) is 12.1 Å². The van der Waals surface area contributed by atoms with E-state index in [1.807, 2.05) is 17.9 Å². The van der Waals surface area contributed by atoms with Gasteiger partial charge in [-0.1, -0.05) is 0 Å². The number of aromatic nitrogens is 2. The third-order valence-electron chi connectivity index (χ3n) is 3.07. The molecule has 2 N–H and O–H groups in total. The summed E-state index contributed by atoms with van der Waals surface area (Å²) in [5, 5.41) is 4.19. The number of piperidine rings is 1. The predicted octanol–water partition coefficient (Wildman–Crippen LogP) is 0.736. The van der Waals surface area contributed by atoms with Crippen molar-refractivity contribution in [1.82, 2.24) is 9.78 Å².